The monoisotopic (exact) mass is 917 g/mol. The molecule has 372 valence electrons. The number of aliphatic carboxylic acids is 2. The van der Waals surface area contributed by atoms with E-state index in [1.165, 1.54) is 0 Å². The first-order valence-corrected chi connectivity index (χ1v) is 22.8. The van der Waals surface area contributed by atoms with Gasteiger partial charge >= 0.3 is 35.8 Å². The molecule has 0 saturated carbocycles. The molecule has 0 bridgehead atoms. The van der Waals surface area contributed by atoms with Gasteiger partial charge in [-0.05, 0) is 68.7 Å². The molecule has 2 aliphatic rings. The second kappa shape index (κ2) is 30.7. The molecule has 64 heavy (non-hydrogen) atoms. The molecule has 20 heteroatoms. The van der Waals surface area contributed by atoms with Crippen LogP contribution in [0.5, 0.6) is 0 Å². The molecule has 0 unspecified atom stereocenters. The Bertz CT molecular complexity index is 1360. The van der Waals surface area contributed by atoms with Crippen molar-refractivity contribution >= 4 is 35.8 Å². The summed E-state index contributed by atoms with van der Waals surface area (Å²) in [4.78, 5) is 83.3. The third kappa shape index (κ3) is 33.0. The lowest BCUT2D eigenvalue weighted by molar-refractivity contribution is -0.158. The first-order valence-electron chi connectivity index (χ1n) is 22.8. The lowest BCUT2D eigenvalue weighted by Gasteiger charge is -2.32. The summed E-state index contributed by atoms with van der Waals surface area (Å²) in [5, 5.41) is 24.9. The maximum absolute atomic E-state index is 12.6. The van der Waals surface area contributed by atoms with Crippen LogP contribution in [0.2, 0.25) is 0 Å². The number of nitrogens with one attached hydrogen (secondary N) is 2. The van der Waals surface area contributed by atoms with Gasteiger partial charge in [-0.15, -0.1) is 0 Å². The Balaban J connectivity index is 0.000000660. The van der Waals surface area contributed by atoms with Gasteiger partial charge in [0.2, 0.25) is 0 Å². The SMILES string of the molecule is CC(C)(C)OC(=O)CN1CCNCCN(CC(=O)OC(C)(C)C)CCN(CC(=O)OC(C)(C)C)CC1.CCCCOC(=O)CN1CCNCCN(CC(=O)O)CCN(CC(=O)O)CC1. The normalized spacial score (nSPS) is 18.7. The highest BCUT2D eigenvalue weighted by atomic mass is 16.6. The Kier molecular flexibility index (Phi) is 28.0. The lowest BCUT2D eigenvalue weighted by Crippen LogP contribution is -2.48. The molecular weight excluding hydrogens is 833 g/mol. The van der Waals surface area contributed by atoms with E-state index in [4.69, 9.17) is 29.2 Å². The third-order valence-corrected chi connectivity index (χ3v) is 9.50. The zero-order valence-corrected chi connectivity index (χ0v) is 40.8. The molecule has 0 aromatic carbocycles. The Hall–Kier alpha value is -3.50. The van der Waals surface area contributed by atoms with Crippen molar-refractivity contribution in [3.63, 3.8) is 0 Å². The van der Waals surface area contributed by atoms with Crippen LogP contribution in [0.4, 0.5) is 0 Å². The summed E-state index contributed by atoms with van der Waals surface area (Å²) in [5.41, 5.74) is -1.65. The van der Waals surface area contributed by atoms with Crippen LogP contribution in [0.1, 0.15) is 82.1 Å². The number of carbonyl (C=O) groups is 6. The fourth-order valence-corrected chi connectivity index (χ4v) is 6.56. The summed E-state index contributed by atoms with van der Waals surface area (Å²) < 4.78 is 21.8. The molecule has 0 spiro atoms. The Morgan fingerprint density at radius 3 is 0.938 bits per heavy atom. The van der Waals surface area contributed by atoms with E-state index in [0.29, 0.717) is 111 Å². The summed E-state index contributed by atoms with van der Waals surface area (Å²) in [6.45, 7) is 29.1. The molecule has 2 fully saturated rings. The van der Waals surface area contributed by atoms with E-state index in [2.05, 4.69) is 10.6 Å². The standard InChI is InChI=1S/C26H50N4O6.C18H34N4O6/c1-24(2,3)34-21(31)18-28-12-10-27-11-13-29(19-22(32)35-25(4,5)6)15-17-30(16-14-28)20-23(33)36-26(7,8)9;1-2-3-12-28-18(27)15-21-7-5-19-4-6-20(13-16(23)24)8-10-22(11-9-21)14-17(25)26/h27H,10-20H2,1-9H3;19H,2-15H2,1H3,(H,23,24)(H,25,26). The minimum Gasteiger partial charge on any atom is -0.480 e. The van der Waals surface area contributed by atoms with Gasteiger partial charge < -0.3 is 39.8 Å². The van der Waals surface area contributed by atoms with Crippen molar-refractivity contribution in [3.05, 3.63) is 0 Å². The van der Waals surface area contributed by atoms with Crippen LogP contribution in [-0.2, 0) is 47.7 Å². The van der Waals surface area contributed by atoms with E-state index in [9.17, 15) is 28.8 Å². The van der Waals surface area contributed by atoms with Gasteiger partial charge in [0.15, 0.2) is 0 Å². The van der Waals surface area contributed by atoms with E-state index in [1.54, 1.807) is 9.80 Å². The Labute approximate surface area is 382 Å². The number of carboxylic acids is 2. The zero-order chi connectivity index (χ0) is 48.3. The molecule has 0 atom stereocenters. The number of carboxylic acid groups (broad SMARTS) is 2. The molecule has 2 heterocycles. The highest BCUT2D eigenvalue weighted by molar-refractivity contribution is 5.73. The summed E-state index contributed by atoms with van der Waals surface area (Å²) in [6.07, 6.45) is 1.80. The first kappa shape index (κ1) is 58.5. The number of ether oxygens (including phenoxy) is 4. The highest BCUT2D eigenvalue weighted by Gasteiger charge is 2.25. The molecule has 0 aromatic heterocycles. The van der Waals surface area contributed by atoms with Crippen molar-refractivity contribution in [2.45, 2.75) is 98.9 Å². The second-order valence-corrected chi connectivity index (χ2v) is 19.3. The van der Waals surface area contributed by atoms with Crippen LogP contribution in [0.3, 0.4) is 0 Å². The maximum Gasteiger partial charge on any atom is 0.320 e. The minimum absolute atomic E-state index is 0.0711. The Morgan fingerprint density at radius 1 is 0.422 bits per heavy atom. The van der Waals surface area contributed by atoms with Crippen LogP contribution in [0.25, 0.3) is 0 Å². The fourth-order valence-electron chi connectivity index (χ4n) is 6.56. The van der Waals surface area contributed by atoms with Gasteiger partial charge in [0.1, 0.15) is 16.8 Å². The predicted octanol–water partition coefficient (Wildman–Crippen LogP) is 0.529. The van der Waals surface area contributed by atoms with Crippen molar-refractivity contribution in [2.75, 3.05) is 151 Å². The smallest absolute Gasteiger partial charge is 0.320 e. The number of hydrogen-bond donors (Lipinski definition) is 4. The number of rotatable bonds is 15. The quantitative estimate of drug-likeness (QED) is 0.0999. The molecule has 0 aromatic rings. The number of carbonyl (C=O) groups excluding carboxylic acids is 4. The van der Waals surface area contributed by atoms with Crippen molar-refractivity contribution in [2.24, 2.45) is 0 Å². The average Bonchev–Trinajstić information content (AvgIpc) is 3.12. The zero-order valence-electron chi connectivity index (χ0n) is 40.8. The van der Waals surface area contributed by atoms with E-state index in [0.717, 1.165) is 12.8 Å². The second-order valence-electron chi connectivity index (χ2n) is 19.3. The van der Waals surface area contributed by atoms with E-state index in [-0.39, 0.29) is 63.1 Å². The lowest BCUT2D eigenvalue weighted by atomic mass is 10.2. The molecule has 2 aliphatic heterocycles. The van der Waals surface area contributed by atoms with Gasteiger partial charge in [-0.3, -0.25) is 58.2 Å². The summed E-state index contributed by atoms with van der Waals surface area (Å²) in [7, 11) is 0. The number of unbranched alkanes of at least 4 members (excludes halogenated alkanes) is 1. The van der Waals surface area contributed by atoms with Crippen LogP contribution in [0, 0.1) is 0 Å². The molecule has 0 radical (unpaired) electrons. The molecule has 4 N–H and O–H groups in total. The third-order valence-electron chi connectivity index (χ3n) is 9.50. The van der Waals surface area contributed by atoms with Crippen molar-refractivity contribution in [1.29, 1.82) is 0 Å². The summed E-state index contributed by atoms with van der Waals surface area (Å²) in [6, 6.07) is 0. The van der Waals surface area contributed by atoms with Crippen molar-refractivity contribution in [1.82, 2.24) is 40.0 Å². The number of nitrogens with zero attached hydrogens (tertiary/aromatic N) is 6. The van der Waals surface area contributed by atoms with Gasteiger partial charge in [0.05, 0.1) is 45.9 Å². The van der Waals surface area contributed by atoms with Crippen molar-refractivity contribution < 1.29 is 57.9 Å². The fraction of sp³-hybridized carbons (Fsp3) is 0.864. The van der Waals surface area contributed by atoms with Crippen LogP contribution >= 0.6 is 0 Å². The minimum atomic E-state index is -0.927. The highest BCUT2D eigenvalue weighted by Crippen LogP contribution is 2.11. The van der Waals surface area contributed by atoms with Crippen LogP contribution in [-0.4, -0.2) is 243 Å². The number of esters is 4. The van der Waals surface area contributed by atoms with Crippen molar-refractivity contribution in [3.8, 4) is 0 Å². The molecule has 0 aliphatic carbocycles. The summed E-state index contributed by atoms with van der Waals surface area (Å²) in [5.74, 6) is -2.92. The van der Waals surface area contributed by atoms with Gasteiger partial charge in [-0.25, -0.2) is 0 Å². The van der Waals surface area contributed by atoms with Gasteiger partial charge in [0, 0.05) is 105 Å². The first-order chi connectivity index (χ1) is 29.8. The van der Waals surface area contributed by atoms with Gasteiger partial charge in [-0.2, -0.15) is 0 Å². The predicted molar refractivity (Wildman–Crippen MR) is 243 cm³/mol. The van der Waals surface area contributed by atoms with E-state index < -0.39 is 28.7 Å². The van der Waals surface area contributed by atoms with E-state index >= 15 is 0 Å². The largest absolute Gasteiger partial charge is 0.480 e. The Morgan fingerprint density at radius 2 is 0.672 bits per heavy atom. The van der Waals surface area contributed by atoms with Crippen LogP contribution in [0.15, 0.2) is 0 Å². The van der Waals surface area contributed by atoms with Gasteiger partial charge in [-0.1, -0.05) is 13.3 Å². The van der Waals surface area contributed by atoms with Gasteiger partial charge in [0.25, 0.3) is 0 Å². The topological polar surface area (TPSA) is 223 Å². The molecule has 2 saturated heterocycles. The number of hydrogen-bond acceptors (Lipinski definition) is 18. The van der Waals surface area contributed by atoms with E-state index in [1.807, 2.05) is 88.8 Å². The van der Waals surface area contributed by atoms with Crippen LogP contribution < -0.4 is 10.6 Å². The average molecular weight is 917 g/mol. The molecular formula is C44H84N8O12. The molecule has 0 amide bonds. The maximum atomic E-state index is 12.6. The molecule has 2 rings (SSSR count). The molecule has 20 nitrogen and oxygen atoms in total. The summed E-state index contributed by atoms with van der Waals surface area (Å²) >= 11 is 0.